The summed E-state index contributed by atoms with van der Waals surface area (Å²) < 4.78 is 24.2. The van der Waals surface area contributed by atoms with Gasteiger partial charge in [-0.25, -0.2) is 19.4 Å². The Hall–Kier alpha value is -5.62. The summed E-state index contributed by atoms with van der Waals surface area (Å²) in [7, 11) is 0. The van der Waals surface area contributed by atoms with E-state index in [4.69, 9.17) is 24.7 Å². The zero-order valence-corrected chi connectivity index (χ0v) is 22.5. The minimum absolute atomic E-state index is 0.174. The third-order valence-corrected chi connectivity index (χ3v) is 6.55. The summed E-state index contributed by atoms with van der Waals surface area (Å²) >= 11 is 0. The number of hydrogen-bond acceptors (Lipinski definition) is 10. The van der Waals surface area contributed by atoms with Crippen molar-refractivity contribution in [1.29, 1.82) is 0 Å². The lowest BCUT2D eigenvalue weighted by atomic mass is 10.1. The van der Waals surface area contributed by atoms with Gasteiger partial charge < -0.3 is 24.7 Å². The van der Waals surface area contributed by atoms with E-state index in [0.717, 1.165) is 10.8 Å². The summed E-state index contributed by atoms with van der Waals surface area (Å²) in [4.78, 5) is 67.9. The molecule has 43 heavy (non-hydrogen) atoms. The third kappa shape index (κ3) is 6.49. The Morgan fingerprint density at radius 2 is 1.23 bits per heavy atom. The van der Waals surface area contributed by atoms with Gasteiger partial charge in [-0.1, -0.05) is 54.6 Å². The topological polar surface area (TPSA) is 166 Å². The van der Waals surface area contributed by atoms with Gasteiger partial charge in [0.05, 0.1) is 16.7 Å². The number of rotatable bonds is 9. The second-order valence-electron chi connectivity index (χ2n) is 9.35. The molecule has 12 heteroatoms. The zero-order valence-electron chi connectivity index (χ0n) is 22.5. The van der Waals surface area contributed by atoms with Crippen LogP contribution >= 0.6 is 0 Å². The highest BCUT2D eigenvalue weighted by atomic mass is 16.7. The molecule has 4 aromatic rings. The summed E-state index contributed by atoms with van der Waals surface area (Å²) in [5.74, 6) is -3.36. The van der Waals surface area contributed by atoms with E-state index in [1.807, 2.05) is 0 Å². The number of carbonyl (C=O) groups is 4. The van der Waals surface area contributed by atoms with E-state index in [2.05, 4.69) is 4.98 Å². The number of ether oxygens (including phenoxy) is 4. The highest BCUT2D eigenvalue weighted by Gasteiger charge is 2.51. The number of carbonyl (C=O) groups excluding carboxylic acids is 4. The van der Waals surface area contributed by atoms with E-state index in [-0.39, 0.29) is 16.7 Å². The Labute approximate surface area is 244 Å². The molecular formula is C31H25N3O9. The van der Waals surface area contributed by atoms with E-state index in [1.54, 1.807) is 66.7 Å². The van der Waals surface area contributed by atoms with Crippen LogP contribution in [0.1, 0.15) is 47.8 Å². The molecule has 2 N–H and O–H groups in total. The molecule has 1 fully saturated rings. The lowest BCUT2D eigenvalue weighted by Gasteiger charge is -2.25. The van der Waals surface area contributed by atoms with Crippen molar-refractivity contribution in [3.8, 4) is 0 Å². The Balaban J connectivity index is 1.53. The normalized spacial score (nSPS) is 19.3. The maximum Gasteiger partial charge on any atom is 0.338 e. The highest BCUT2D eigenvalue weighted by molar-refractivity contribution is 5.91. The van der Waals surface area contributed by atoms with Crippen LogP contribution in [0.5, 0.6) is 0 Å². The first-order valence-corrected chi connectivity index (χ1v) is 13.1. The first kappa shape index (κ1) is 28.9. The number of nitrogens with two attached hydrogens (primary N) is 1. The second-order valence-corrected chi connectivity index (χ2v) is 9.35. The Morgan fingerprint density at radius 3 is 1.74 bits per heavy atom. The number of primary amides is 1. The van der Waals surface area contributed by atoms with Crippen LogP contribution in [0.4, 0.5) is 0 Å². The molecule has 1 aliphatic heterocycles. The van der Waals surface area contributed by atoms with Crippen LogP contribution in [0.2, 0.25) is 0 Å². The largest absolute Gasteiger partial charge is 0.459 e. The summed E-state index contributed by atoms with van der Waals surface area (Å²) in [6.45, 7) is -0.446. The summed E-state index contributed by atoms with van der Waals surface area (Å²) in [5, 5.41) is 0. The molecule has 2 heterocycles. The molecule has 1 aromatic heterocycles. The lowest BCUT2D eigenvalue weighted by molar-refractivity contribution is -0.0636. The Bertz CT molecular complexity index is 1680. The molecule has 0 spiro atoms. The average Bonchev–Trinajstić information content (AvgIpc) is 3.36. The zero-order chi connectivity index (χ0) is 30.3. The van der Waals surface area contributed by atoms with Crippen LogP contribution < -0.4 is 11.3 Å². The molecule has 3 aromatic carbocycles. The number of nitrogens with zero attached hydrogens (tertiary/aromatic N) is 2. The molecule has 0 bridgehead atoms. The van der Waals surface area contributed by atoms with Crippen molar-refractivity contribution in [2.45, 2.75) is 24.5 Å². The van der Waals surface area contributed by atoms with Crippen molar-refractivity contribution in [1.82, 2.24) is 9.55 Å². The maximum absolute atomic E-state index is 13.2. The van der Waals surface area contributed by atoms with Gasteiger partial charge in [-0.15, -0.1) is 0 Å². The monoisotopic (exact) mass is 583 g/mol. The van der Waals surface area contributed by atoms with Crippen LogP contribution in [-0.2, 0) is 18.9 Å². The molecule has 0 saturated carbocycles. The predicted octanol–water partition coefficient (Wildman–Crippen LogP) is 2.55. The fraction of sp³-hybridized carbons (Fsp3) is 0.161. The van der Waals surface area contributed by atoms with Gasteiger partial charge in [0.25, 0.3) is 11.5 Å². The molecule has 5 rings (SSSR count). The number of hydrogen-bond donors (Lipinski definition) is 1. The summed E-state index contributed by atoms with van der Waals surface area (Å²) in [6, 6.07) is 24.2. The Kier molecular flexibility index (Phi) is 8.68. The standard InChI is InChI=1S/C31H25N3O9/c32-26(35)23-27(36)34(17-16-33-23)28-25(43-31(39)21-14-8-3-9-15-21)24(42-30(38)20-12-6-2-7-13-20)22(41-28)18-40-29(37)19-10-4-1-5-11-19/h1-17,22,24-25,28H,18H2,(H2,32,35)/t22-,24-,25?,28-/m1/s1. The molecule has 12 nitrogen and oxygen atoms in total. The number of amides is 1. The van der Waals surface area contributed by atoms with Crippen LogP contribution in [-0.4, -0.2) is 58.3 Å². The fourth-order valence-electron chi connectivity index (χ4n) is 4.48. The molecule has 1 amide bonds. The molecule has 4 atom stereocenters. The molecular weight excluding hydrogens is 558 g/mol. The number of esters is 3. The maximum atomic E-state index is 13.2. The third-order valence-electron chi connectivity index (χ3n) is 6.55. The molecule has 1 unspecified atom stereocenters. The van der Waals surface area contributed by atoms with Crippen LogP contribution in [0.25, 0.3) is 0 Å². The highest BCUT2D eigenvalue weighted by Crippen LogP contribution is 2.35. The first-order valence-electron chi connectivity index (χ1n) is 13.1. The van der Waals surface area contributed by atoms with E-state index >= 15 is 0 Å². The van der Waals surface area contributed by atoms with Gasteiger partial charge in [0, 0.05) is 12.4 Å². The minimum Gasteiger partial charge on any atom is -0.459 e. The van der Waals surface area contributed by atoms with Gasteiger partial charge in [0.15, 0.2) is 24.1 Å². The van der Waals surface area contributed by atoms with Crippen molar-refractivity contribution in [3.63, 3.8) is 0 Å². The van der Waals surface area contributed by atoms with Gasteiger partial charge in [-0.3, -0.25) is 14.2 Å². The molecule has 1 aliphatic rings. The van der Waals surface area contributed by atoms with Crippen molar-refractivity contribution in [3.05, 3.63) is 136 Å². The quantitative estimate of drug-likeness (QED) is 0.229. The SMILES string of the molecule is NC(=O)c1nccn([C@@H]2O[C@H](COC(=O)c3ccccc3)[C@@H](OC(=O)c3ccccc3)C2OC(=O)c2ccccc2)c1=O. The second kappa shape index (κ2) is 12.9. The van der Waals surface area contributed by atoms with Crippen molar-refractivity contribution >= 4 is 23.8 Å². The first-order chi connectivity index (χ1) is 20.8. The van der Waals surface area contributed by atoms with Crippen molar-refractivity contribution < 1.29 is 38.1 Å². The smallest absolute Gasteiger partial charge is 0.338 e. The number of aromatic nitrogens is 2. The van der Waals surface area contributed by atoms with E-state index in [1.165, 1.54) is 30.5 Å². The van der Waals surface area contributed by atoms with Gasteiger partial charge >= 0.3 is 17.9 Å². The van der Waals surface area contributed by atoms with Crippen molar-refractivity contribution in [2.24, 2.45) is 5.73 Å². The van der Waals surface area contributed by atoms with Crippen LogP contribution in [0, 0.1) is 0 Å². The molecule has 0 radical (unpaired) electrons. The predicted molar refractivity (Wildman–Crippen MR) is 149 cm³/mol. The van der Waals surface area contributed by atoms with Gasteiger partial charge in [-0.05, 0) is 36.4 Å². The van der Waals surface area contributed by atoms with Gasteiger partial charge in [0.1, 0.15) is 12.7 Å². The molecule has 1 saturated heterocycles. The van der Waals surface area contributed by atoms with E-state index in [9.17, 15) is 24.0 Å². The van der Waals surface area contributed by atoms with E-state index in [0.29, 0.717) is 0 Å². The van der Waals surface area contributed by atoms with Gasteiger partial charge in [-0.2, -0.15) is 0 Å². The minimum atomic E-state index is -1.44. The number of benzene rings is 3. The van der Waals surface area contributed by atoms with Crippen LogP contribution in [0.15, 0.2) is 108 Å². The van der Waals surface area contributed by atoms with E-state index < -0.39 is 66.2 Å². The average molecular weight is 584 g/mol. The summed E-state index contributed by atoms with van der Waals surface area (Å²) in [6.07, 6.45) is -3.11. The molecule has 0 aliphatic carbocycles. The Morgan fingerprint density at radius 1 is 0.744 bits per heavy atom. The van der Waals surface area contributed by atoms with Crippen molar-refractivity contribution in [2.75, 3.05) is 6.61 Å². The summed E-state index contributed by atoms with van der Waals surface area (Å²) in [5.41, 5.74) is 4.43. The van der Waals surface area contributed by atoms with Gasteiger partial charge in [0.2, 0.25) is 0 Å². The molecule has 218 valence electrons. The fourth-order valence-corrected chi connectivity index (χ4v) is 4.48. The van der Waals surface area contributed by atoms with Crippen LogP contribution in [0.3, 0.4) is 0 Å². The lowest BCUT2D eigenvalue weighted by Crippen LogP contribution is -2.43.